The molecular formula is C31H33ClFN3O2S. The van der Waals surface area contributed by atoms with Crippen LogP contribution in [-0.2, 0) is 9.84 Å². The van der Waals surface area contributed by atoms with E-state index in [1.807, 2.05) is 24.3 Å². The zero-order valence-corrected chi connectivity index (χ0v) is 23.7. The first-order valence-corrected chi connectivity index (χ1v) is 14.8. The molecule has 39 heavy (non-hydrogen) atoms. The summed E-state index contributed by atoms with van der Waals surface area (Å²) in [5, 5.41) is 0. The van der Waals surface area contributed by atoms with Gasteiger partial charge in [0.2, 0.25) is 0 Å². The fourth-order valence-corrected chi connectivity index (χ4v) is 5.86. The summed E-state index contributed by atoms with van der Waals surface area (Å²) in [5.41, 5.74) is 7.72. The maximum absolute atomic E-state index is 13.6. The highest BCUT2D eigenvalue weighted by Crippen LogP contribution is 2.39. The Morgan fingerprint density at radius 3 is 2.28 bits per heavy atom. The van der Waals surface area contributed by atoms with Crippen LogP contribution in [0.5, 0.6) is 0 Å². The van der Waals surface area contributed by atoms with E-state index in [2.05, 4.69) is 34.1 Å². The van der Waals surface area contributed by atoms with E-state index in [1.165, 1.54) is 35.1 Å². The zero-order valence-electron chi connectivity index (χ0n) is 22.1. The lowest BCUT2D eigenvalue weighted by Crippen LogP contribution is -2.32. The van der Waals surface area contributed by atoms with E-state index in [4.69, 9.17) is 0 Å². The van der Waals surface area contributed by atoms with Crippen LogP contribution in [0, 0.1) is 5.82 Å². The Balaban J connectivity index is 0.00000353. The van der Waals surface area contributed by atoms with Crippen molar-refractivity contribution in [1.82, 2.24) is 14.9 Å². The van der Waals surface area contributed by atoms with E-state index in [0.717, 1.165) is 54.9 Å². The van der Waals surface area contributed by atoms with Crippen molar-refractivity contribution >= 4 is 27.8 Å². The number of rotatable bonds is 8. The van der Waals surface area contributed by atoms with E-state index in [0.29, 0.717) is 10.8 Å². The van der Waals surface area contributed by atoms with Gasteiger partial charge in [0.25, 0.3) is 0 Å². The predicted molar refractivity (Wildman–Crippen MR) is 158 cm³/mol. The highest BCUT2D eigenvalue weighted by atomic mass is 35.5. The van der Waals surface area contributed by atoms with Gasteiger partial charge < -0.3 is 4.98 Å². The van der Waals surface area contributed by atoms with Gasteiger partial charge in [-0.15, -0.1) is 12.4 Å². The summed E-state index contributed by atoms with van der Waals surface area (Å²) in [6, 6.07) is 17.9. The summed E-state index contributed by atoms with van der Waals surface area (Å²) < 4.78 is 37.2. The lowest BCUT2D eigenvalue weighted by molar-refractivity contribution is 0.278. The number of aromatic nitrogens is 2. The van der Waals surface area contributed by atoms with E-state index in [9.17, 15) is 12.8 Å². The molecule has 1 aliphatic heterocycles. The molecule has 2 aromatic heterocycles. The van der Waals surface area contributed by atoms with Crippen LogP contribution in [0.15, 0.2) is 90.2 Å². The van der Waals surface area contributed by atoms with Gasteiger partial charge in [0.05, 0.1) is 10.6 Å². The fourth-order valence-electron chi connectivity index (χ4n) is 5.23. The SMILES string of the molecule is CCC(CN1CC=C(c2c[nH]c(-c3ccc(F)cc3)c2-c2ccncc2)CC1)c1ccc(S(C)(=O)=O)cc1.Cl. The number of hydrogen-bond acceptors (Lipinski definition) is 4. The van der Waals surface area contributed by atoms with Gasteiger partial charge in [-0.25, -0.2) is 12.8 Å². The van der Waals surface area contributed by atoms with Gasteiger partial charge in [0.15, 0.2) is 9.84 Å². The second-order valence-corrected chi connectivity index (χ2v) is 11.9. The molecule has 5 nitrogen and oxygen atoms in total. The number of aromatic amines is 1. The number of nitrogens with zero attached hydrogens (tertiary/aromatic N) is 2. The molecule has 8 heteroatoms. The Bertz CT molecular complexity index is 1530. The van der Waals surface area contributed by atoms with E-state index < -0.39 is 9.84 Å². The van der Waals surface area contributed by atoms with Crippen molar-refractivity contribution in [2.75, 3.05) is 25.9 Å². The summed E-state index contributed by atoms with van der Waals surface area (Å²) in [7, 11) is -3.19. The van der Waals surface area contributed by atoms with Crippen LogP contribution in [0.3, 0.4) is 0 Å². The van der Waals surface area contributed by atoms with Gasteiger partial charge in [0, 0.05) is 55.6 Å². The molecule has 2 aromatic carbocycles. The minimum atomic E-state index is -3.19. The molecule has 1 aliphatic rings. The molecule has 3 heterocycles. The van der Waals surface area contributed by atoms with Crippen LogP contribution >= 0.6 is 12.4 Å². The molecular weight excluding hydrogens is 533 g/mol. The average molecular weight is 566 g/mol. The van der Waals surface area contributed by atoms with Crippen molar-refractivity contribution in [2.24, 2.45) is 0 Å². The van der Waals surface area contributed by atoms with Crippen molar-refractivity contribution in [3.05, 3.63) is 102 Å². The number of pyridine rings is 1. The standard InChI is InChI=1S/C31H32FN3O2S.ClH/c1-3-22(23-6-10-28(11-7-23)38(2,36)37)21-35-18-14-24(15-19-35)29-20-34-31(26-4-8-27(32)9-5-26)30(29)25-12-16-33-17-13-25;/h4-14,16-17,20,22,34H,3,15,18-19,21H2,1-2H3;1H. The molecule has 0 spiro atoms. The number of sulfone groups is 1. The molecule has 1 unspecified atom stereocenters. The Labute approximate surface area is 236 Å². The molecule has 0 fully saturated rings. The topological polar surface area (TPSA) is 66.1 Å². The summed E-state index contributed by atoms with van der Waals surface area (Å²) in [6.07, 6.45) is 11.1. The summed E-state index contributed by atoms with van der Waals surface area (Å²) in [6.45, 7) is 4.89. The lowest BCUT2D eigenvalue weighted by Gasteiger charge is -2.30. The zero-order chi connectivity index (χ0) is 26.7. The maximum atomic E-state index is 13.6. The van der Waals surface area contributed by atoms with Crippen LogP contribution in [-0.4, -0.2) is 49.2 Å². The molecule has 1 N–H and O–H groups in total. The van der Waals surface area contributed by atoms with Crippen LogP contribution in [0.1, 0.15) is 36.8 Å². The molecule has 0 bridgehead atoms. The predicted octanol–water partition coefficient (Wildman–Crippen LogP) is 6.99. The normalized spacial score (nSPS) is 14.9. The van der Waals surface area contributed by atoms with Gasteiger partial charge in [0.1, 0.15) is 5.82 Å². The number of nitrogens with one attached hydrogen (secondary N) is 1. The molecule has 0 amide bonds. The number of hydrogen-bond donors (Lipinski definition) is 1. The molecule has 204 valence electrons. The van der Waals surface area contributed by atoms with Crippen molar-refractivity contribution in [1.29, 1.82) is 0 Å². The molecule has 1 atom stereocenters. The third kappa shape index (κ3) is 6.49. The largest absolute Gasteiger partial charge is 0.360 e. The summed E-state index contributed by atoms with van der Waals surface area (Å²) in [5.74, 6) is 0.0843. The first-order valence-electron chi connectivity index (χ1n) is 12.9. The number of benzene rings is 2. The third-order valence-corrected chi connectivity index (χ3v) is 8.50. The second-order valence-electron chi connectivity index (χ2n) is 9.88. The van der Waals surface area contributed by atoms with Gasteiger partial charge in [-0.1, -0.05) is 25.1 Å². The quantitative estimate of drug-likeness (QED) is 0.250. The monoisotopic (exact) mass is 565 g/mol. The highest BCUT2D eigenvalue weighted by Gasteiger charge is 2.22. The number of H-pyrrole nitrogens is 1. The van der Waals surface area contributed by atoms with Crippen LogP contribution in [0.25, 0.3) is 28.0 Å². The van der Waals surface area contributed by atoms with E-state index in [1.54, 1.807) is 36.7 Å². The fraction of sp³-hybridized carbons (Fsp3) is 0.258. The maximum Gasteiger partial charge on any atom is 0.175 e. The summed E-state index contributed by atoms with van der Waals surface area (Å²) >= 11 is 0. The van der Waals surface area contributed by atoms with Crippen LogP contribution < -0.4 is 0 Å². The molecule has 0 saturated carbocycles. The Hall–Kier alpha value is -3.26. The smallest absolute Gasteiger partial charge is 0.175 e. The molecule has 0 radical (unpaired) electrons. The van der Waals surface area contributed by atoms with Gasteiger partial charge in [-0.2, -0.15) is 0 Å². The molecule has 5 rings (SSSR count). The molecule has 0 aliphatic carbocycles. The van der Waals surface area contributed by atoms with E-state index in [-0.39, 0.29) is 18.2 Å². The van der Waals surface area contributed by atoms with Crippen LogP contribution in [0.4, 0.5) is 4.39 Å². The highest BCUT2D eigenvalue weighted by molar-refractivity contribution is 7.90. The van der Waals surface area contributed by atoms with E-state index >= 15 is 0 Å². The molecule has 4 aromatic rings. The van der Waals surface area contributed by atoms with Crippen molar-refractivity contribution in [3.63, 3.8) is 0 Å². The third-order valence-electron chi connectivity index (χ3n) is 7.37. The van der Waals surface area contributed by atoms with Gasteiger partial charge in [-0.3, -0.25) is 9.88 Å². The minimum absolute atomic E-state index is 0. The Morgan fingerprint density at radius 1 is 1.00 bits per heavy atom. The minimum Gasteiger partial charge on any atom is -0.360 e. The Morgan fingerprint density at radius 2 is 1.69 bits per heavy atom. The summed E-state index contributed by atoms with van der Waals surface area (Å²) in [4.78, 5) is 10.5. The van der Waals surface area contributed by atoms with Crippen molar-refractivity contribution < 1.29 is 12.8 Å². The first-order chi connectivity index (χ1) is 18.3. The first kappa shape index (κ1) is 28.7. The molecule has 0 saturated heterocycles. The van der Waals surface area contributed by atoms with Crippen LogP contribution in [0.2, 0.25) is 0 Å². The lowest BCUT2D eigenvalue weighted by atomic mass is 9.91. The number of halogens is 2. The van der Waals surface area contributed by atoms with Gasteiger partial charge in [-0.05, 0) is 89.6 Å². The van der Waals surface area contributed by atoms with Crippen molar-refractivity contribution in [2.45, 2.75) is 30.6 Å². The second kappa shape index (κ2) is 12.3. The average Bonchev–Trinajstić information content (AvgIpc) is 3.38. The van der Waals surface area contributed by atoms with Crippen molar-refractivity contribution in [3.8, 4) is 22.4 Å². The van der Waals surface area contributed by atoms with Gasteiger partial charge >= 0.3 is 0 Å². The Kier molecular flexibility index (Phi) is 9.05.